The fourth-order valence-corrected chi connectivity index (χ4v) is 275. The number of aromatic nitrogens is 2. The van der Waals surface area contributed by atoms with Crippen molar-refractivity contribution in [1.29, 1.82) is 0 Å². The normalized spacial score (nSPS) is 14.6. The second kappa shape index (κ2) is 11.3. The van der Waals surface area contributed by atoms with Gasteiger partial charge in [-0.25, -0.2) is 0 Å². The molecule has 0 N–H and O–H groups in total. The van der Waals surface area contributed by atoms with E-state index in [4.69, 9.17) is 0 Å². The van der Waals surface area contributed by atoms with Gasteiger partial charge in [0.1, 0.15) is 0 Å². The van der Waals surface area contributed by atoms with Crippen LogP contribution in [0.15, 0.2) is 0 Å². The summed E-state index contributed by atoms with van der Waals surface area (Å²) in [4.78, 5) is 0. The summed E-state index contributed by atoms with van der Waals surface area (Å²) in [5.74, 6) is 0. The maximum absolute atomic E-state index is 2.93. The SMILES string of the molecule is C[Si](C)(C)[Si]([Si](C)(C)C)[Si](C)(C)[Si](C)(C)[Si]([Si](C)(C)C)[Si](C)(C)C.Cc1c(C)[n+](C)[c]([Ge])n1C. The summed E-state index contributed by atoms with van der Waals surface area (Å²) in [7, 11) is -2.43. The predicted molar refractivity (Wildman–Crippen MR) is 181 cm³/mol. The van der Waals surface area contributed by atoms with E-state index >= 15 is 0 Å². The first-order valence-corrected chi connectivity index (χ1v) is 44.1. The first-order valence-electron chi connectivity index (χ1n) is 13.0. The van der Waals surface area contributed by atoms with Crippen molar-refractivity contribution in [3.8, 4) is 0 Å². The predicted octanol–water partition coefficient (Wildman–Crippen LogP) is 5.55. The van der Waals surface area contributed by atoms with Crippen molar-refractivity contribution in [3.05, 3.63) is 11.4 Å². The van der Waals surface area contributed by atoms with Gasteiger partial charge in [0.2, 0.25) is 0 Å². The Bertz CT molecular complexity index is 687. The van der Waals surface area contributed by atoms with Crippen molar-refractivity contribution in [2.24, 2.45) is 14.1 Å². The van der Waals surface area contributed by atoms with Gasteiger partial charge < -0.3 is 0 Å². The molecule has 1 heterocycles. The molecule has 34 heavy (non-hydrogen) atoms. The molecule has 5 radical (unpaired) electrons. The zero-order valence-electron chi connectivity index (χ0n) is 26.9. The molecule has 0 saturated carbocycles. The van der Waals surface area contributed by atoms with Crippen LogP contribution in [0.4, 0.5) is 0 Å². The summed E-state index contributed by atoms with van der Waals surface area (Å²) in [5, 5.41) is 0. The van der Waals surface area contributed by atoms with Gasteiger partial charge in [-0.3, -0.25) is 0 Å². The maximum atomic E-state index is 2.93. The third-order valence-electron chi connectivity index (χ3n) is 7.98. The summed E-state index contributed by atoms with van der Waals surface area (Å²) in [6.45, 7) is 48.9. The average molecular weight is 662 g/mol. The molecule has 0 spiro atoms. The van der Waals surface area contributed by atoms with Crippen LogP contribution in [0.3, 0.4) is 0 Å². The molecule has 0 aliphatic carbocycles. The monoisotopic (exact) mass is 662 g/mol. The number of nitrogens with zero attached hydrogens (tertiary/aromatic N) is 2. The standard InChI is InChI=1S/C16H48Si8.C7H12GeN2/c1-19(2,3)17(20(4,5)6)23(13,14)24(15,16)18(21(7,8)9)22(10,11)12;1-5-6(2)10(4)7(8)9(5)3/h1-16H3;1-4H3/q;+1. The molecular weight excluding hydrogens is 602 g/mol. The molecule has 1 aromatic heterocycles. The van der Waals surface area contributed by atoms with Crippen molar-refractivity contribution in [1.82, 2.24) is 4.57 Å². The van der Waals surface area contributed by atoms with Crippen LogP contribution in [0, 0.1) is 13.8 Å². The molecule has 1 aromatic rings. The van der Waals surface area contributed by atoms with Crippen LogP contribution >= 0.6 is 0 Å². The van der Waals surface area contributed by atoms with E-state index in [1.807, 2.05) is 0 Å². The van der Waals surface area contributed by atoms with Gasteiger partial charge in [-0.1, -0.05) is 105 Å². The summed E-state index contributed by atoms with van der Waals surface area (Å²) in [6, 6.07) is 0. The van der Waals surface area contributed by atoms with Crippen LogP contribution in [-0.2, 0) is 14.1 Å². The Balaban J connectivity index is 0.000000896. The first-order chi connectivity index (χ1) is 14.5. The quantitative estimate of drug-likeness (QED) is 0.268. The fourth-order valence-electron chi connectivity index (χ4n) is 7.65. The third kappa shape index (κ3) is 8.00. The number of hydrogen-bond donors (Lipinski definition) is 0. The van der Waals surface area contributed by atoms with E-state index < -0.39 is 44.6 Å². The molecule has 2 nitrogen and oxygen atoms in total. The van der Waals surface area contributed by atoms with Crippen molar-refractivity contribution in [2.75, 3.05) is 0 Å². The van der Waals surface area contributed by atoms with E-state index in [0.29, 0.717) is 0 Å². The molecule has 0 atom stereocenters. The van der Waals surface area contributed by atoms with Crippen molar-refractivity contribution in [2.45, 2.75) is 119 Å². The topological polar surface area (TPSA) is 8.81 Å². The van der Waals surface area contributed by atoms with E-state index in [0.717, 1.165) is 0 Å². The molecule has 197 valence electrons. The zero-order valence-corrected chi connectivity index (χ0v) is 37.0. The van der Waals surface area contributed by atoms with Crippen molar-refractivity contribution >= 4 is 80.5 Å². The van der Waals surface area contributed by atoms with E-state index in [1.54, 1.807) is 0 Å². The van der Waals surface area contributed by atoms with Crippen LogP contribution in [0.1, 0.15) is 11.4 Å². The minimum atomic E-state index is -1.13. The molecule has 0 amide bonds. The van der Waals surface area contributed by atoms with Crippen LogP contribution in [0.2, 0.25) is 105 Å². The summed E-state index contributed by atoms with van der Waals surface area (Å²) < 4.78 is 5.71. The molecule has 0 aliphatic rings. The van der Waals surface area contributed by atoms with Gasteiger partial charge >= 0.3 is 69.6 Å². The van der Waals surface area contributed by atoms with Gasteiger partial charge in [-0.15, -0.1) is 0 Å². The summed E-state index contributed by atoms with van der Waals surface area (Å²) in [6.07, 6.45) is 0. The van der Waals surface area contributed by atoms with E-state index in [-0.39, 0.29) is 14.7 Å². The molecule has 11 heteroatoms. The molecule has 1 rings (SSSR count). The van der Waals surface area contributed by atoms with Gasteiger partial charge in [-0.05, 0) is 0 Å². The first kappa shape index (κ1) is 35.5. The zero-order chi connectivity index (χ0) is 28.0. The molecule has 0 fully saturated rings. The Morgan fingerprint density at radius 2 is 0.824 bits per heavy atom. The Kier molecular flexibility index (Phi) is 11.8. The van der Waals surface area contributed by atoms with Gasteiger partial charge in [0, 0.05) is 59.3 Å². The molecule has 0 aliphatic heterocycles. The van der Waals surface area contributed by atoms with E-state index in [9.17, 15) is 0 Å². The number of imidazole rings is 1. The van der Waals surface area contributed by atoms with Gasteiger partial charge in [0.25, 0.3) is 0 Å². The average Bonchev–Trinajstić information content (AvgIpc) is 2.66. The van der Waals surface area contributed by atoms with E-state index in [1.165, 1.54) is 16.0 Å². The van der Waals surface area contributed by atoms with Crippen LogP contribution in [-0.4, -0.2) is 80.4 Å². The molecule has 0 aromatic carbocycles. The van der Waals surface area contributed by atoms with Crippen LogP contribution < -0.4 is 9.22 Å². The second-order valence-corrected chi connectivity index (χ2v) is 96.6. The number of hydrogen-bond acceptors (Lipinski definition) is 0. The molecular formula is C23H60GeN2Si8+. The summed E-state index contributed by atoms with van der Waals surface area (Å²) in [5.41, 5.74) is 2.69. The summed E-state index contributed by atoms with van der Waals surface area (Å²) >= 11 is 2.12. The van der Waals surface area contributed by atoms with Crippen LogP contribution in [0.5, 0.6) is 0 Å². The molecule has 0 saturated heterocycles. The van der Waals surface area contributed by atoms with Crippen molar-refractivity contribution in [3.63, 3.8) is 0 Å². The van der Waals surface area contributed by atoms with Gasteiger partial charge in [0.05, 0.1) is 0 Å². The van der Waals surface area contributed by atoms with E-state index in [2.05, 4.69) is 158 Å². The van der Waals surface area contributed by atoms with Gasteiger partial charge in [-0.2, -0.15) is 0 Å². The van der Waals surface area contributed by atoms with Crippen molar-refractivity contribution < 1.29 is 4.57 Å². The second-order valence-electron chi connectivity index (χ2n) is 15.6. The third-order valence-corrected chi connectivity index (χ3v) is 159. The van der Waals surface area contributed by atoms with Crippen LogP contribution in [0.25, 0.3) is 0 Å². The molecule has 0 unspecified atom stereocenters. The Hall–Kier alpha value is 1.49. The fraction of sp³-hybridized carbons (Fsp3) is 0.870. The Morgan fingerprint density at radius 1 is 0.588 bits per heavy atom. The molecule has 0 bridgehead atoms. The minimum absolute atomic E-state index is 0.124. The number of rotatable bonds is 7. The van der Waals surface area contributed by atoms with Gasteiger partial charge in [0.15, 0.2) is 0 Å². The Labute approximate surface area is 232 Å². The Morgan fingerprint density at radius 3 is 0.912 bits per heavy atom.